The smallest absolute Gasteiger partial charge is 0.343 e. The molecule has 0 saturated heterocycles. The molecule has 5 heteroatoms. The van der Waals surface area contributed by atoms with Crippen LogP contribution in [0.4, 0.5) is 5.69 Å². The summed E-state index contributed by atoms with van der Waals surface area (Å²) < 4.78 is 7.73. The number of benzene rings is 3. The number of para-hydroxylation sites is 1. The Balaban J connectivity index is 1.56. The summed E-state index contributed by atoms with van der Waals surface area (Å²) in [6.45, 7) is 8.48. The number of nitrogens with zero attached hydrogens (tertiary/aromatic N) is 2. The number of fused-ring (bicyclic) bond motifs is 2. The molecule has 2 aromatic heterocycles. The third kappa shape index (κ3) is 4.85. The second kappa shape index (κ2) is 10.3. The van der Waals surface area contributed by atoms with Gasteiger partial charge in [-0.1, -0.05) is 48.5 Å². The van der Waals surface area contributed by atoms with Crippen LogP contribution in [0, 0.1) is 0 Å². The Hall–Kier alpha value is -4.38. The molecule has 0 amide bonds. The lowest BCUT2D eigenvalue weighted by molar-refractivity contribution is -0.664. The maximum absolute atomic E-state index is 13.0. The number of anilines is 1. The Kier molecular flexibility index (Phi) is 6.78. The fourth-order valence-corrected chi connectivity index (χ4v) is 4.90. The second-order valence-corrected chi connectivity index (χ2v) is 9.21. The summed E-state index contributed by atoms with van der Waals surface area (Å²) in [4.78, 5) is 15.2. The third-order valence-corrected chi connectivity index (χ3v) is 6.87. The van der Waals surface area contributed by atoms with Gasteiger partial charge in [0.15, 0.2) is 12.7 Å². The summed E-state index contributed by atoms with van der Waals surface area (Å²) in [5, 5.41) is 14.6. The van der Waals surface area contributed by atoms with Gasteiger partial charge in [-0.15, -0.1) is 0 Å². The first-order valence-corrected chi connectivity index (χ1v) is 12.7. The number of hydrogen-bond donors (Lipinski definition) is 0. The standard InChI is InChI=1S/C32H30N2O3/c1-4-33(5-2)26-15-14-25-19-28(32(36)37-30(25)20-26)22(3)18-24-16-17-34(21-23-10-7-6-8-11-23)31-27(24)12-9-13-29(31)35/h6-20H,4-5,21H2,1-3H3. The van der Waals surface area contributed by atoms with Gasteiger partial charge in [-0.2, -0.15) is 4.57 Å². The first kappa shape index (κ1) is 24.3. The van der Waals surface area contributed by atoms with Gasteiger partial charge in [-0.25, -0.2) is 4.79 Å². The molecule has 0 radical (unpaired) electrons. The van der Waals surface area contributed by atoms with Gasteiger partial charge in [0.05, 0.1) is 10.9 Å². The molecule has 0 spiro atoms. The summed E-state index contributed by atoms with van der Waals surface area (Å²) in [7, 11) is 0. The Morgan fingerprint density at radius 1 is 0.973 bits per heavy atom. The zero-order chi connectivity index (χ0) is 25.9. The van der Waals surface area contributed by atoms with Crippen molar-refractivity contribution in [1.29, 1.82) is 0 Å². The van der Waals surface area contributed by atoms with Crippen molar-refractivity contribution in [2.75, 3.05) is 18.0 Å². The van der Waals surface area contributed by atoms with Crippen LogP contribution in [-0.4, -0.2) is 13.1 Å². The van der Waals surface area contributed by atoms with E-state index in [2.05, 4.69) is 24.8 Å². The number of allylic oxidation sites excluding steroid dienone is 1. The normalized spacial score (nSPS) is 11.8. The van der Waals surface area contributed by atoms with Crippen molar-refractivity contribution in [3.8, 4) is 5.75 Å². The highest BCUT2D eigenvalue weighted by molar-refractivity contribution is 5.94. The molecule has 0 fully saturated rings. The van der Waals surface area contributed by atoms with Crippen LogP contribution in [0.2, 0.25) is 0 Å². The summed E-state index contributed by atoms with van der Waals surface area (Å²) >= 11 is 0. The molecule has 0 aliphatic heterocycles. The quantitative estimate of drug-likeness (QED) is 0.215. The summed E-state index contributed by atoms with van der Waals surface area (Å²) in [6, 6.07) is 25.3. The molecule has 37 heavy (non-hydrogen) atoms. The Bertz CT molecular complexity index is 1670. The second-order valence-electron chi connectivity index (χ2n) is 9.21. The first-order chi connectivity index (χ1) is 18.0. The van der Waals surface area contributed by atoms with Gasteiger partial charge in [0.1, 0.15) is 5.58 Å². The van der Waals surface area contributed by atoms with Crippen molar-refractivity contribution in [2.24, 2.45) is 0 Å². The molecule has 5 aromatic rings. The van der Waals surface area contributed by atoms with E-state index in [1.807, 2.05) is 84.4 Å². The predicted molar refractivity (Wildman–Crippen MR) is 149 cm³/mol. The number of pyridine rings is 1. The van der Waals surface area contributed by atoms with E-state index >= 15 is 0 Å². The maximum atomic E-state index is 13.0. The van der Waals surface area contributed by atoms with Crippen molar-refractivity contribution >= 4 is 39.2 Å². The lowest BCUT2D eigenvalue weighted by atomic mass is 10.0. The van der Waals surface area contributed by atoms with E-state index in [4.69, 9.17) is 4.42 Å². The molecular weight excluding hydrogens is 460 g/mol. The van der Waals surface area contributed by atoms with Gasteiger partial charge in [-0.05, 0) is 61.9 Å². The third-order valence-electron chi connectivity index (χ3n) is 6.87. The van der Waals surface area contributed by atoms with Gasteiger partial charge in [0.2, 0.25) is 5.52 Å². The minimum atomic E-state index is -0.373. The summed E-state index contributed by atoms with van der Waals surface area (Å²) in [5.74, 6) is -0.0319. The van der Waals surface area contributed by atoms with Gasteiger partial charge in [-0.3, -0.25) is 0 Å². The molecular formula is C32H30N2O3. The average molecular weight is 491 g/mol. The van der Waals surface area contributed by atoms with E-state index in [0.717, 1.165) is 46.2 Å². The zero-order valence-corrected chi connectivity index (χ0v) is 21.4. The van der Waals surface area contributed by atoms with Crippen LogP contribution >= 0.6 is 0 Å². The van der Waals surface area contributed by atoms with E-state index in [1.54, 1.807) is 12.1 Å². The van der Waals surface area contributed by atoms with Crippen LogP contribution < -0.4 is 20.2 Å². The molecule has 0 aliphatic carbocycles. The topological polar surface area (TPSA) is 60.4 Å². The van der Waals surface area contributed by atoms with E-state index < -0.39 is 0 Å². The Labute approximate surface area is 216 Å². The Morgan fingerprint density at radius 2 is 1.76 bits per heavy atom. The van der Waals surface area contributed by atoms with Crippen molar-refractivity contribution in [1.82, 2.24) is 0 Å². The molecule has 2 heterocycles. The SMILES string of the molecule is CCN(CC)c1ccc2cc(/C(C)=C/c3cc[n+](Cc4ccccc4)c4c([O-])cccc34)c(=O)oc2c1. The van der Waals surface area contributed by atoms with Crippen LogP contribution in [0.3, 0.4) is 0 Å². The van der Waals surface area contributed by atoms with Gasteiger partial charge in [0.25, 0.3) is 0 Å². The average Bonchev–Trinajstić information content (AvgIpc) is 2.91. The van der Waals surface area contributed by atoms with Crippen molar-refractivity contribution < 1.29 is 14.1 Å². The lowest BCUT2D eigenvalue weighted by Crippen LogP contribution is -2.35. The monoisotopic (exact) mass is 490 g/mol. The zero-order valence-electron chi connectivity index (χ0n) is 21.4. The van der Waals surface area contributed by atoms with Gasteiger partial charge >= 0.3 is 5.63 Å². The lowest BCUT2D eigenvalue weighted by Gasteiger charge is -2.21. The van der Waals surface area contributed by atoms with E-state index in [1.165, 1.54) is 0 Å². The fourth-order valence-electron chi connectivity index (χ4n) is 4.90. The predicted octanol–water partition coefficient (Wildman–Crippen LogP) is 5.76. The van der Waals surface area contributed by atoms with Crippen molar-refractivity contribution in [3.05, 3.63) is 112 Å². The van der Waals surface area contributed by atoms with E-state index in [-0.39, 0.29) is 11.4 Å². The highest BCUT2D eigenvalue weighted by Gasteiger charge is 2.15. The molecule has 0 N–H and O–H groups in total. The van der Waals surface area contributed by atoms with Crippen LogP contribution in [-0.2, 0) is 6.54 Å². The molecule has 0 bridgehead atoms. The van der Waals surface area contributed by atoms with Crippen LogP contribution in [0.5, 0.6) is 5.75 Å². The van der Waals surface area contributed by atoms with Gasteiger partial charge < -0.3 is 14.4 Å². The maximum Gasteiger partial charge on any atom is 0.343 e. The molecule has 5 rings (SSSR count). The number of aromatic nitrogens is 1. The molecule has 5 nitrogen and oxygen atoms in total. The highest BCUT2D eigenvalue weighted by atomic mass is 16.4. The van der Waals surface area contributed by atoms with Crippen molar-refractivity contribution in [2.45, 2.75) is 27.3 Å². The minimum Gasteiger partial charge on any atom is -0.868 e. The fraction of sp³-hybridized carbons (Fsp3) is 0.188. The molecule has 3 aromatic carbocycles. The van der Waals surface area contributed by atoms with Crippen LogP contribution in [0.25, 0.3) is 33.5 Å². The number of rotatable bonds is 7. The first-order valence-electron chi connectivity index (χ1n) is 12.7. The van der Waals surface area contributed by atoms with Crippen LogP contribution in [0.1, 0.15) is 37.5 Å². The Morgan fingerprint density at radius 3 is 2.51 bits per heavy atom. The molecule has 0 unspecified atom stereocenters. The van der Waals surface area contributed by atoms with Crippen LogP contribution in [0.15, 0.2) is 94.3 Å². The van der Waals surface area contributed by atoms with Gasteiger partial charge in [0, 0.05) is 41.9 Å². The summed E-state index contributed by atoms with van der Waals surface area (Å²) in [6.07, 6.45) is 3.89. The van der Waals surface area contributed by atoms with Crippen molar-refractivity contribution in [3.63, 3.8) is 0 Å². The minimum absolute atomic E-state index is 0.0319. The number of hydrogen-bond acceptors (Lipinski definition) is 4. The molecule has 0 aliphatic rings. The van der Waals surface area contributed by atoms with E-state index in [9.17, 15) is 9.90 Å². The summed E-state index contributed by atoms with van der Waals surface area (Å²) in [5.41, 5.74) is 5.17. The van der Waals surface area contributed by atoms with E-state index in [0.29, 0.717) is 23.2 Å². The largest absolute Gasteiger partial charge is 0.868 e. The molecule has 186 valence electrons. The molecule has 0 saturated carbocycles. The molecule has 0 atom stereocenters. The highest BCUT2D eigenvalue weighted by Crippen LogP contribution is 2.27.